The van der Waals surface area contributed by atoms with Crippen molar-refractivity contribution < 1.29 is 13.3 Å². The molecule has 0 fully saturated rings. The number of nitrogens with zero attached hydrogens (tertiary/aromatic N) is 3. The monoisotopic (exact) mass is 1850 g/mol. The molecular formula is C132H81N3O3S3. The van der Waals surface area contributed by atoms with E-state index < -0.39 is 0 Å². The molecule has 0 aliphatic rings. The normalized spacial score (nSPS) is 11.8. The number of aromatic nitrogens is 3. The van der Waals surface area contributed by atoms with Gasteiger partial charge in [0.1, 0.15) is 33.5 Å². The number of rotatable bonds is 12. The molecule has 30 aromatic rings. The average Bonchev–Trinajstić information content (AvgIpc) is 1.58. The molecule has 0 aliphatic heterocycles. The number of hydrogen-bond donors (Lipinski definition) is 0. The zero-order valence-electron chi connectivity index (χ0n) is 76.1. The van der Waals surface area contributed by atoms with Crippen molar-refractivity contribution in [2.45, 2.75) is 0 Å². The Kier molecular flexibility index (Phi) is 19.5. The van der Waals surface area contributed by atoms with Crippen molar-refractivity contribution in [2.24, 2.45) is 0 Å². The quantitative estimate of drug-likeness (QED) is 0.122. The van der Waals surface area contributed by atoms with Crippen molar-refractivity contribution in [2.75, 3.05) is 0 Å². The molecule has 660 valence electrons. The largest absolute Gasteiger partial charge is 0.456 e. The molecule has 9 heteroatoms. The van der Waals surface area contributed by atoms with Gasteiger partial charge in [0, 0.05) is 112 Å². The SMILES string of the molecule is c1ccc(-c2ccc3c(c2)oc2cc(-c4ccc(-c5cccc6sc7c8ccccc8n(-c8ccccc8)c7c56)cc4)ccc23)cc1.c1ccc(-c2cccc3c2oc2c(-c4ccc(-c5cccc6sc7c8ccccc8n(-c8ccccc8)c7c56)cc4)cccc23)cc1.c1ccc(-c2cccc3c2oc2cccc(-c4ccc(-c5ccc6sc7c8ccccc8n(-c8ccccc8)c7c6c5)cc4)c23)cc1. The number of para-hydroxylation sites is 9. The number of hydrogen-bond acceptors (Lipinski definition) is 6. The summed E-state index contributed by atoms with van der Waals surface area (Å²) in [6.07, 6.45) is 0. The van der Waals surface area contributed by atoms with Crippen LogP contribution in [0.1, 0.15) is 0 Å². The van der Waals surface area contributed by atoms with Gasteiger partial charge in [0.05, 0.1) is 47.2 Å². The fraction of sp³-hybridized carbons (Fsp3) is 0. The minimum atomic E-state index is 0.908. The van der Waals surface area contributed by atoms with Crippen LogP contribution in [0.3, 0.4) is 0 Å². The molecule has 0 amide bonds. The van der Waals surface area contributed by atoms with Crippen LogP contribution in [0.4, 0.5) is 0 Å². The Morgan fingerprint density at radius 2 is 0.454 bits per heavy atom. The predicted octanol–water partition coefficient (Wildman–Crippen LogP) is 38.7. The summed E-state index contributed by atoms with van der Waals surface area (Å²) < 4.78 is 34.9. The van der Waals surface area contributed by atoms with Gasteiger partial charge in [-0.05, 0) is 193 Å². The Morgan fingerprint density at radius 1 is 0.156 bits per heavy atom. The third-order valence-corrected chi connectivity index (χ3v) is 31.8. The van der Waals surface area contributed by atoms with Crippen molar-refractivity contribution in [1.82, 2.24) is 13.7 Å². The van der Waals surface area contributed by atoms with Crippen molar-refractivity contribution in [3.8, 4) is 117 Å². The zero-order valence-corrected chi connectivity index (χ0v) is 78.5. The second-order valence-corrected chi connectivity index (χ2v) is 39.4. The highest BCUT2D eigenvalue weighted by atomic mass is 32.1. The van der Waals surface area contributed by atoms with Gasteiger partial charge in [-0.2, -0.15) is 0 Å². The standard InChI is InChI=1S/3C44H27NOS/c1-3-12-28(13-4-1)33-18-9-20-35-36-21-10-19-34(43(36)46-42(33)35)30-26-24-29(25-27-30)32-17-11-23-39-40(32)41-44(47-39)37-16-7-8-22-38(37)45(41)31-14-5-2-6-15-31;1-3-11-29(12-4-1)34-17-9-18-36-41-33(16-10-20-39(41)46-43(34)36)30-23-21-28(22-24-30)31-25-26-40-37(27-31)42-44(47-40)35-15-7-8-19-38(35)45(42)32-13-5-2-6-14-32;1-3-10-28(11-4-1)31-22-24-35-36-25-23-32(27-40(36)46-39(35)26-31)29-18-20-30(21-19-29)34-15-9-17-41-42(34)43-44(47-41)37-14-7-8-16-38(37)45(43)33-12-5-2-6-13-33/h3*1-27H. The second-order valence-electron chi connectivity index (χ2n) is 36.3. The molecule has 6 nitrogen and oxygen atoms in total. The van der Waals surface area contributed by atoms with Gasteiger partial charge >= 0.3 is 0 Å². The molecule has 9 heterocycles. The molecule has 0 spiro atoms. The Balaban J connectivity index is 0.000000104. The fourth-order valence-corrected chi connectivity index (χ4v) is 25.5. The van der Waals surface area contributed by atoms with E-state index in [-0.39, 0.29) is 0 Å². The van der Waals surface area contributed by atoms with E-state index in [1.807, 2.05) is 46.1 Å². The molecule has 0 unspecified atom stereocenters. The van der Waals surface area contributed by atoms with Crippen LogP contribution in [-0.2, 0) is 0 Å². The van der Waals surface area contributed by atoms with E-state index in [0.29, 0.717) is 0 Å². The van der Waals surface area contributed by atoms with E-state index in [4.69, 9.17) is 13.3 Å². The lowest BCUT2D eigenvalue weighted by atomic mass is 9.95. The molecular weight excluding hydrogens is 1770 g/mol. The van der Waals surface area contributed by atoms with Gasteiger partial charge in [0.25, 0.3) is 0 Å². The van der Waals surface area contributed by atoms with Gasteiger partial charge in [-0.25, -0.2) is 0 Å². The van der Waals surface area contributed by atoms with Crippen LogP contribution in [0.5, 0.6) is 0 Å². The van der Waals surface area contributed by atoms with Crippen molar-refractivity contribution >= 4 is 193 Å². The first-order chi connectivity index (χ1) is 69.9. The first-order valence-electron chi connectivity index (χ1n) is 47.8. The first-order valence-corrected chi connectivity index (χ1v) is 50.2. The summed E-state index contributed by atoms with van der Waals surface area (Å²) >= 11 is 5.65. The van der Waals surface area contributed by atoms with Crippen LogP contribution >= 0.6 is 34.0 Å². The third-order valence-electron chi connectivity index (χ3n) is 28.3. The van der Waals surface area contributed by atoms with Crippen LogP contribution in [0.25, 0.3) is 277 Å². The molecule has 0 atom stereocenters. The van der Waals surface area contributed by atoms with Crippen LogP contribution in [0.2, 0.25) is 0 Å². The molecule has 141 heavy (non-hydrogen) atoms. The summed E-state index contributed by atoms with van der Waals surface area (Å²) in [4.78, 5) is 0. The van der Waals surface area contributed by atoms with Gasteiger partial charge in [0.15, 0.2) is 0 Å². The number of fused-ring (bicyclic) bond motifs is 24. The maximum absolute atomic E-state index is 6.72. The van der Waals surface area contributed by atoms with Crippen LogP contribution in [0.15, 0.2) is 505 Å². The van der Waals surface area contributed by atoms with Gasteiger partial charge in [-0.15, -0.1) is 34.0 Å². The van der Waals surface area contributed by atoms with Crippen molar-refractivity contribution in [3.63, 3.8) is 0 Å². The highest BCUT2D eigenvalue weighted by molar-refractivity contribution is 7.27. The summed E-state index contributed by atoms with van der Waals surface area (Å²) in [6.45, 7) is 0. The Bertz CT molecular complexity index is 10100. The summed E-state index contributed by atoms with van der Waals surface area (Å²) in [5.74, 6) is 0. The van der Waals surface area contributed by atoms with Crippen molar-refractivity contribution in [3.05, 3.63) is 491 Å². The van der Waals surface area contributed by atoms with Crippen LogP contribution < -0.4 is 0 Å². The molecule has 0 bridgehead atoms. The van der Waals surface area contributed by atoms with Crippen LogP contribution in [0, 0.1) is 0 Å². The summed E-state index contributed by atoms with van der Waals surface area (Å²) in [6, 6.07) is 176. The molecule has 9 aromatic heterocycles. The maximum atomic E-state index is 6.72. The zero-order chi connectivity index (χ0) is 92.7. The van der Waals surface area contributed by atoms with Gasteiger partial charge in [-0.3, -0.25) is 0 Å². The predicted molar refractivity (Wildman–Crippen MR) is 599 cm³/mol. The summed E-state index contributed by atoms with van der Waals surface area (Å²) in [7, 11) is 0. The van der Waals surface area contributed by atoms with Gasteiger partial charge < -0.3 is 27.0 Å². The topological polar surface area (TPSA) is 54.2 Å². The Hall–Kier alpha value is -17.7. The molecule has 21 aromatic carbocycles. The van der Waals surface area contributed by atoms with Crippen LogP contribution in [-0.4, -0.2) is 13.7 Å². The molecule has 0 aliphatic carbocycles. The third kappa shape index (κ3) is 13.6. The molecule has 0 radical (unpaired) electrons. The highest BCUT2D eigenvalue weighted by Gasteiger charge is 2.27. The number of furan rings is 3. The highest BCUT2D eigenvalue weighted by Crippen LogP contribution is 2.52. The Morgan fingerprint density at radius 3 is 0.901 bits per heavy atom. The lowest BCUT2D eigenvalue weighted by Crippen LogP contribution is -1.93. The molecule has 0 N–H and O–H groups in total. The minimum absolute atomic E-state index is 0.908. The second kappa shape index (κ2) is 33.6. The van der Waals surface area contributed by atoms with E-state index in [1.54, 1.807) is 0 Å². The fourth-order valence-electron chi connectivity index (χ4n) is 21.8. The lowest BCUT2D eigenvalue weighted by Gasteiger charge is -2.11. The van der Waals surface area contributed by atoms with Gasteiger partial charge in [-0.1, -0.05) is 382 Å². The van der Waals surface area contributed by atoms with Gasteiger partial charge in [0.2, 0.25) is 0 Å². The minimum Gasteiger partial charge on any atom is -0.456 e. The lowest BCUT2D eigenvalue weighted by molar-refractivity contribution is 0.669. The van der Waals surface area contributed by atoms with E-state index in [0.717, 1.165) is 110 Å². The first kappa shape index (κ1) is 81.6. The molecule has 0 saturated carbocycles. The summed E-state index contributed by atoms with van der Waals surface area (Å²) in [5, 5.41) is 14.6. The van der Waals surface area contributed by atoms with E-state index in [1.165, 1.54) is 166 Å². The molecule has 30 rings (SSSR count). The Labute approximate surface area is 822 Å². The van der Waals surface area contributed by atoms with E-state index in [9.17, 15) is 0 Å². The van der Waals surface area contributed by atoms with E-state index >= 15 is 0 Å². The summed E-state index contributed by atoms with van der Waals surface area (Å²) in [5.41, 5.74) is 37.8. The average molecular weight is 1850 g/mol. The maximum Gasteiger partial charge on any atom is 0.143 e. The smallest absolute Gasteiger partial charge is 0.143 e. The van der Waals surface area contributed by atoms with Crippen molar-refractivity contribution in [1.29, 1.82) is 0 Å². The molecule has 0 saturated heterocycles. The number of benzene rings is 21. The van der Waals surface area contributed by atoms with E-state index in [2.05, 4.69) is 493 Å². The number of thiophene rings is 3.